The molecule has 10 nitrogen and oxygen atoms in total. The third kappa shape index (κ3) is 4.66. The van der Waals surface area contributed by atoms with Crippen molar-refractivity contribution in [3.63, 3.8) is 0 Å². The highest BCUT2D eigenvalue weighted by atomic mass is 19.1. The fourth-order valence-corrected chi connectivity index (χ4v) is 2.83. The van der Waals surface area contributed by atoms with Gasteiger partial charge in [-0.15, -0.1) is 0 Å². The highest BCUT2D eigenvalue weighted by Crippen LogP contribution is 2.29. The number of alkyl carbamates (subject to hydrolysis) is 1. The number of halogens is 1. The molecule has 0 unspecified atom stereocenters. The van der Waals surface area contributed by atoms with Crippen LogP contribution >= 0.6 is 0 Å². The average molecular weight is 394 g/mol. The molecule has 152 valence electrons. The predicted octanol–water partition coefficient (Wildman–Crippen LogP) is 1.89. The number of aromatic amines is 1. The molecule has 1 fully saturated rings. The van der Waals surface area contributed by atoms with Gasteiger partial charge in [-0.3, -0.25) is 14.6 Å². The molecule has 0 saturated carbocycles. The van der Waals surface area contributed by atoms with Crippen molar-refractivity contribution in [2.45, 2.75) is 44.9 Å². The number of amides is 2. The number of hydrogen-bond acceptors (Lipinski definition) is 6. The minimum Gasteiger partial charge on any atom is -0.444 e. The Labute approximate surface area is 160 Å². The number of aromatic nitrogens is 4. The van der Waals surface area contributed by atoms with E-state index in [0.717, 1.165) is 10.9 Å². The minimum absolute atomic E-state index is 0.191. The molecule has 28 heavy (non-hydrogen) atoms. The van der Waals surface area contributed by atoms with Gasteiger partial charge in [0.2, 0.25) is 0 Å². The van der Waals surface area contributed by atoms with Gasteiger partial charge in [-0.1, -0.05) is 0 Å². The van der Waals surface area contributed by atoms with E-state index < -0.39 is 23.4 Å². The van der Waals surface area contributed by atoms with Crippen LogP contribution in [0, 0.1) is 5.82 Å². The largest absolute Gasteiger partial charge is 0.444 e. The molecule has 11 heteroatoms. The van der Waals surface area contributed by atoms with Crippen molar-refractivity contribution >= 4 is 17.8 Å². The number of H-pyrrole nitrogens is 1. The van der Waals surface area contributed by atoms with Crippen LogP contribution in [0.1, 0.15) is 49.5 Å². The van der Waals surface area contributed by atoms with Gasteiger partial charge in [-0.05, 0) is 20.8 Å². The lowest BCUT2D eigenvalue weighted by molar-refractivity contribution is 0.0494. The first-order valence-electron chi connectivity index (χ1n) is 8.77. The standard InChI is InChI=1S/C17H23FN6O4/c1-17(2,3)28-16(26)20-9-5-12(27-8-9)11-6-13(23-22-11)21-15(25)14-10(18)7-19-24(14)4/h6-7,9,12H,5,8H2,1-4H3,(H,20,26)(H2,21,22,23,25)/t9-,12-/m0/s1. The summed E-state index contributed by atoms with van der Waals surface area (Å²) in [5.41, 5.74) is -0.134. The molecular formula is C17H23FN6O4. The zero-order valence-electron chi connectivity index (χ0n) is 16.1. The van der Waals surface area contributed by atoms with Crippen LogP contribution < -0.4 is 10.6 Å². The van der Waals surface area contributed by atoms with Crippen LogP contribution in [-0.4, -0.2) is 50.2 Å². The summed E-state index contributed by atoms with van der Waals surface area (Å²) in [4.78, 5) is 24.0. The molecule has 0 spiro atoms. The second-order valence-electron chi connectivity index (χ2n) is 7.53. The van der Waals surface area contributed by atoms with E-state index in [4.69, 9.17) is 9.47 Å². The van der Waals surface area contributed by atoms with Crippen LogP contribution in [0.2, 0.25) is 0 Å². The van der Waals surface area contributed by atoms with E-state index in [1.807, 2.05) is 0 Å². The van der Waals surface area contributed by atoms with Gasteiger partial charge < -0.3 is 20.1 Å². The fourth-order valence-electron chi connectivity index (χ4n) is 2.83. The molecule has 2 aromatic rings. The van der Waals surface area contributed by atoms with Gasteiger partial charge in [-0.2, -0.15) is 10.2 Å². The van der Waals surface area contributed by atoms with Crippen LogP contribution in [0.5, 0.6) is 0 Å². The molecule has 2 atom stereocenters. The lowest BCUT2D eigenvalue weighted by Gasteiger charge is -2.21. The lowest BCUT2D eigenvalue weighted by Crippen LogP contribution is -2.39. The highest BCUT2D eigenvalue weighted by molar-refractivity contribution is 6.02. The Morgan fingerprint density at radius 2 is 2.18 bits per heavy atom. The molecule has 1 aliphatic heterocycles. The SMILES string of the molecule is Cn1ncc(F)c1C(=O)Nc1cc([C@@H]2C[C@H](NC(=O)OC(C)(C)C)CO2)[nH]n1. The van der Waals surface area contributed by atoms with Crippen molar-refractivity contribution in [1.29, 1.82) is 0 Å². The molecule has 0 bridgehead atoms. The molecule has 2 amide bonds. The van der Waals surface area contributed by atoms with Crippen LogP contribution in [0.25, 0.3) is 0 Å². The number of hydrogen-bond donors (Lipinski definition) is 3. The topological polar surface area (TPSA) is 123 Å². The van der Waals surface area contributed by atoms with E-state index in [2.05, 4.69) is 25.9 Å². The van der Waals surface area contributed by atoms with E-state index >= 15 is 0 Å². The Balaban J connectivity index is 1.56. The Kier molecular flexibility index (Phi) is 5.36. The van der Waals surface area contributed by atoms with Crippen molar-refractivity contribution in [3.8, 4) is 0 Å². The maximum Gasteiger partial charge on any atom is 0.407 e. The Bertz CT molecular complexity index is 852. The van der Waals surface area contributed by atoms with Crippen molar-refractivity contribution in [2.75, 3.05) is 11.9 Å². The van der Waals surface area contributed by atoms with E-state index in [9.17, 15) is 14.0 Å². The summed E-state index contributed by atoms with van der Waals surface area (Å²) in [5.74, 6) is -1.15. The monoisotopic (exact) mass is 394 g/mol. The molecule has 0 aliphatic carbocycles. The quantitative estimate of drug-likeness (QED) is 0.728. The molecule has 3 N–H and O–H groups in total. The molecule has 3 heterocycles. The summed E-state index contributed by atoms with van der Waals surface area (Å²) in [6.07, 6.45) is 0.657. The highest BCUT2D eigenvalue weighted by Gasteiger charge is 2.30. The lowest BCUT2D eigenvalue weighted by atomic mass is 10.1. The third-order valence-corrected chi connectivity index (χ3v) is 4.01. The molecule has 1 saturated heterocycles. The number of ether oxygens (including phenoxy) is 2. The normalized spacial score (nSPS) is 19.5. The summed E-state index contributed by atoms with van der Waals surface area (Å²) >= 11 is 0. The maximum absolute atomic E-state index is 13.6. The molecule has 2 aromatic heterocycles. The summed E-state index contributed by atoms with van der Waals surface area (Å²) in [6.45, 7) is 5.69. The molecular weight excluding hydrogens is 371 g/mol. The van der Waals surface area contributed by atoms with Crippen molar-refractivity contribution in [2.24, 2.45) is 7.05 Å². The molecule has 0 aromatic carbocycles. The Morgan fingerprint density at radius 1 is 1.43 bits per heavy atom. The average Bonchev–Trinajstić information content (AvgIpc) is 3.26. The van der Waals surface area contributed by atoms with E-state index in [1.165, 1.54) is 7.05 Å². The summed E-state index contributed by atoms with van der Waals surface area (Å²) in [5, 5.41) is 15.8. The van der Waals surface area contributed by atoms with E-state index in [0.29, 0.717) is 18.7 Å². The van der Waals surface area contributed by atoms with Crippen molar-refractivity contribution in [3.05, 3.63) is 29.5 Å². The molecule has 1 aliphatic rings. The van der Waals surface area contributed by atoms with E-state index in [-0.39, 0.29) is 23.7 Å². The second-order valence-corrected chi connectivity index (χ2v) is 7.53. The first kappa shape index (κ1) is 19.8. The van der Waals surface area contributed by atoms with Crippen molar-refractivity contribution in [1.82, 2.24) is 25.3 Å². The minimum atomic E-state index is -0.717. The number of aryl methyl sites for hydroxylation is 1. The van der Waals surface area contributed by atoms with Crippen LogP contribution in [-0.2, 0) is 16.5 Å². The Hall–Kier alpha value is -2.95. The predicted molar refractivity (Wildman–Crippen MR) is 96.2 cm³/mol. The smallest absolute Gasteiger partial charge is 0.407 e. The number of nitrogens with zero attached hydrogens (tertiary/aromatic N) is 3. The molecule has 0 radical (unpaired) electrons. The second kappa shape index (κ2) is 7.58. The number of carbonyl (C=O) groups excluding carboxylic acids is 2. The van der Waals surface area contributed by atoms with Gasteiger partial charge in [-0.25, -0.2) is 9.18 Å². The van der Waals surface area contributed by atoms with Gasteiger partial charge in [0.05, 0.1) is 24.5 Å². The van der Waals surface area contributed by atoms with Crippen molar-refractivity contribution < 1.29 is 23.5 Å². The fraction of sp³-hybridized carbons (Fsp3) is 0.529. The van der Waals surface area contributed by atoms with Gasteiger partial charge in [0, 0.05) is 19.5 Å². The van der Waals surface area contributed by atoms with Gasteiger partial charge in [0.25, 0.3) is 5.91 Å². The molecule has 3 rings (SSSR count). The summed E-state index contributed by atoms with van der Waals surface area (Å²) < 4.78 is 25.7. The van der Waals surface area contributed by atoms with Gasteiger partial charge >= 0.3 is 6.09 Å². The number of nitrogens with one attached hydrogen (secondary N) is 3. The van der Waals surface area contributed by atoms with Crippen LogP contribution in [0.4, 0.5) is 15.0 Å². The number of anilines is 1. The summed E-state index contributed by atoms with van der Waals surface area (Å²) in [7, 11) is 1.47. The van der Waals surface area contributed by atoms with Crippen LogP contribution in [0.15, 0.2) is 12.3 Å². The zero-order chi connectivity index (χ0) is 20.5. The van der Waals surface area contributed by atoms with E-state index in [1.54, 1.807) is 26.8 Å². The first-order valence-corrected chi connectivity index (χ1v) is 8.77. The maximum atomic E-state index is 13.6. The third-order valence-electron chi connectivity index (χ3n) is 4.01. The van der Waals surface area contributed by atoms with Gasteiger partial charge in [0.15, 0.2) is 17.3 Å². The Morgan fingerprint density at radius 3 is 2.82 bits per heavy atom. The zero-order valence-corrected chi connectivity index (χ0v) is 16.1. The summed E-state index contributed by atoms with van der Waals surface area (Å²) in [6, 6.07) is 1.40. The first-order chi connectivity index (χ1) is 13.1. The number of rotatable bonds is 4. The van der Waals surface area contributed by atoms with Crippen LogP contribution in [0.3, 0.4) is 0 Å². The van der Waals surface area contributed by atoms with Gasteiger partial charge in [0.1, 0.15) is 11.7 Å². The number of carbonyl (C=O) groups is 2.